The van der Waals surface area contributed by atoms with Crippen LogP contribution in [0.25, 0.3) is 0 Å². The Kier molecular flexibility index (Phi) is 9.13. The molecule has 0 radical (unpaired) electrons. The van der Waals surface area contributed by atoms with Crippen molar-refractivity contribution >= 4 is 23.5 Å². The number of nitrogens with one attached hydrogen (secondary N) is 1. The molecule has 0 aliphatic carbocycles. The number of piperidine rings is 1. The van der Waals surface area contributed by atoms with Crippen molar-refractivity contribution in [1.29, 1.82) is 0 Å². The van der Waals surface area contributed by atoms with Gasteiger partial charge in [-0.2, -0.15) is 0 Å². The number of nitrogens with zero attached hydrogens (tertiary/aromatic N) is 2. The van der Waals surface area contributed by atoms with E-state index in [4.69, 9.17) is 14.2 Å². The van der Waals surface area contributed by atoms with Crippen LogP contribution < -0.4 is 10.2 Å². The Bertz CT molecular complexity index is 1290. The van der Waals surface area contributed by atoms with Crippen LogP contribution in [-0.2, 0) is 23.8 Å². The van der Waals surface area contributed by atoms with Gasteiger partial charge in [-0.15, -0.1) is 0 Å². The van der Waals surface area contributed by atoms with Gasteiger partial charge in [0.1, 0.15) is 5.54 Å². The number of aliphatic hydroxyl groups excluding tert-OH is 1. The smallest absolute Gasteiger partial charge is 0.337 e. The molecule has 10 nitrogen and oxygen atoms in total. The number of hydrogen-bond donors (Lipinski definition) is 2. The number of amides is 2. The first-order valence-electron chi connectivity index (χ1n) is 14.6. The Morgan fingerprint density at radius 1 is 1.10 bits per heavy atom. The normalized spacial score (nSPS) is 23.3. The Morgan fingerprint density at radius 3 is 2.45 bits per heavy atom. The molecular formula is C32H39N3O7. The lowest BCUT2D eigenvalue weighted by atomic mass is 9.80. The van der Waals surface area contributed by atoms with Gasteiger partial charge in [0, 0.05) is 43.8 Å². The summed E-state index contributed by atoms with van der Waals surface area (Å²) in [5.41, 5.74) is 1.61. The zero-order chi connectivity index (χ0) is 29.7. The number of ether oxygens (including phenoxy) is 3. The molecule has 3 unspecified atom stereocenters. The van der Waals surface area contributed by atoms with E-state index in [0.29, 0.717) is 57.6 Å². The van der Waals surface area contributed by atoms with Gasteiger partial charge in [0.25, 0.3) is 5.91 Å². The quantitative estimate of drug-likeness (QED) is 0.437. The van der Waals surface area contributed by atoms with Crippen molar-refractivity contribution in [3.05, 3.63) is 77.6 Å². The summed E-state index contributed by atoms with van der Waals surface area (Å²) in [5, 5.41) is 12.6. The van der Waals surface area contributed by atoms with Crippen LogP contribution in [-0.4, -0.2) is 79.7 Å². The SMILES string of the molecule is CCOC1OC(C(=O)N2CCC3(CC2)C(=O)NCN3c2ccccc2)=CC(c2ccc(C(=O)OC)cc2)C1CCCO. The molecule has 3 atom stereocenters. The van der Waals surface area contributed by atoms with E-state index in [-0.39, 0.29) is 36.0 Å². The molecule has 2 aromatic rings. The van der Waals surface area contributed by atoms with Crippen LogP contribution in [0.1, 0.15) is 54.4 Å². The van der Waals surface area contributed by atoms with Crippen molar-refractivity contribution in [3.8, 4) is 0 Å². The van der Waals surface area contributed by atoms with E-state index in [1.54, 1.807) is 17.0 Å². The van der Waals surface area contributed by atoms with Crippen LogP contribution in [0.4, 0.5) is 5.69 Å². The number of methoxy groups -OCH3 is 1. The van der Waals surface area contributed by atoms with Gasteiger partial charge in [-0.1, -0.05) is 30.3 Å². The summed E-state index contributed by atoms with van der Waals surface area (Å²) < 4.78 is 17.0. The maximum Gasteiger partial charge on any atom is 0.337 e. The van der Waals surface area contributed by atoms with Crippen molar-refractivity contribution < 1.29 is 33.7 Å². The van der Waals surface area contributed by atoms with Gasteiger partial charge < -0.3 is 34.4 Å². The van der Waals surface area contributed by atoms with Crippen molar-refractivity contribution in [1.82, 2.24) is 10.2 Å². The van der Waals surface area contributed by atoms with Crippen LogP contribution in [0.2, 0.25) is 0 Å². The molecule has 10 heteroatoms. The maximum atomic E-state index is 13.9. The largest absolute Gasteiger partial charge is 0.465 e. The number of aliphatic hydroxyl groups is 1. The van der Waals surface area contributed by atoms with Gasteiger partial charge in [0.2, 0.25) is 12.2 Å². The average molecular weight is 578 g/mol. The molecule has 0 saturated carbocycles. The summed E-state index contributed by atoms with van der Waals surface area (Å²) in [6, 6.07) is 17.0. The number of carbonyl (C=O) groups is 3. The van der Waals surface area contributed by atoms with Crippen LogP contribution in [0.3, 0.4) is 0 Å². The fraction of sp³-hybridized carbons (Fsp3) is 0.469. The molecule has 3 heterocycles. The molecule has 0 bridgehead atoms. The monoisotopic (exact) mass is 577 g/mol. The lowest BCUT2D eigenvalue weighted by Gasteiger charge is -2.44. The summed E-state index contributed by atoms with van der Waals surface area (Å²) >= 11 is 0. The topological polar surface area (TPSA) is 118 Å². The second-order valence-corrected chi connectivity index (χ2v) is 10.9. The van der Waals surface area contributed by atoms with Crippen LogP contribution >= 0.6 is 0 Å². The highest BCUT2D eigenvalue weighted by molar-refractivity contribution is 5.95. The van der Waals surface area contributed by atoms with E-state index in [2.05, 4.69) is 10.2 Å². The first-order valence-corrected chi connectivity index (χ1v) is 14.6. The number of allylic oxidation sites excluding steroid dienone is 1. The highest BCUT2D eigenvalue weighted by Gasteiger charge is 2.51. The van der Waals surface area contributed by atoms with Gasteiger partial charge in [0.05, 0.1) is 19.3 Å². The lowest BCUT2D eigenvalue weighted by Crippen LogP contribution is -2.57. The molecule has 2 amide bonds. The number of likely N-dealkylation sites (tertiary alicyclic amines) is 1. The third-order valence-corrected chi connectivity index (χ3v) is 8.62. The molecular weight excluding hydrogens is 538 g/mol. The van der Waals surface area contributed by atoms with Gasteiger partial charge in [-0.25, -0.2) is 4.79 Å². The van der Waals surface area contributed by atoms with Crippen molar-refractivity contribution in [3.63, 3.8) is 0 Å². The number of hydrogen-bond acceptors (Lipinski definition) is 8. The average Bonchev–Trinajstić information content (AvgIpc) is 3.34. The molecule has 2 fully saturated rings. The number of carbonyl (C=O) groups excluding carboxylic acids is 3. The van der Waals surface area contributed by atoms with E-state index < -0.39 is 17.8 Å². The summed E-state index contributed by atoms with van der Waals surface area (Å²) in [6.45, 7) is 3.55. The molecule has 3 aliphatic heterocycles. The highest BCUT2D eigenvalue weighted by Crippen LogP contribution is 2.41. The minimum Gasteiger partial charge on any atom is -0.465 e. The first-order chi connectivity index (χ1) is 20.4. The van der Waals surface area contributed by atoms with Gasteiger partial charge in [-0.3, -0.25) is 9.59 Å². The van der Waals surface area contributed by atoms with E-state index in [1.165, 1.54) is 7.11 Å². The Balaban J connectivity index is 1.38. The second-order valence-electron chi connectivity index (χ2n) is 10.9. The lowest BCUT2D eigenvalue weighted by molar-refractivity contribution is -0.171. The molecule has 2 aromatic carbocycles. The number of para-hydroxylation sites is 1. The predicted molar refractivity (Wildman–Crippen MR) is 155 cm³/mol. The zero-order valence-electron chi connectivity index (χ0n) is 24.2. The Labute approximate surface area is 246 Å². The van der Waals surface area contributed by atoms with Gasteiger partial charge in [0.15, 0.2) is 5.76 Å². The minimum absolute atomic E-state index is 0.00909. The van der Waals surface area contributed by atoms with Crippen LogP contribution in [0.15, 0.2) is 66.4 Å². The third-order valence-electron chi connectivity index (χ3n) is 8.62. The zero-order valence-corrected chi connectivity index (χ0v) is 24.2. The summed E-state index contributed by atoms with van der Waals surface area (Å²) in [6.07, 6.45) is 3.34. The van der Waals surface area contributed by atoms with E-state index in [1.807, 2.05) is 55.5 Å². The number of rotatable bonds is 9. The molecule has 224 valence electrons. The molecule has 3 aliphatic rings. The molecule has 42 heavy (non-hydrogen) atoms. The predicted octanol–water partition coefficient (Wildman–Crippen LogP) is 3.18. The molecule has 2 N–H and O–H groups in total. The van der Waals surface area contributed by atoms with E-state index in [9.17, 15) is 19.5 Å². The van der Waals surface area contributed by atoms with E-state index >= 15 is 0 Å². The Hall–Kier alpha value is -3.89. The van der Waals surface area contributed by atoms with Crippen LogP contribution in [0, 0.1) is 5.92 Å². The molecule has 2 saturated heterocycles. The number of esters is 1. The van der Waals surface area contributed by atoms with Crippen LogP contribution in [0.5, 0.6) is 0 Å². The third kappa shape index (κ3) is 5.73. The van der Waals surface area contributed by atoms with Crippen molar-refractivity contribution in [2.75, 3.05) is 45.0 Å². The first kappa shape index (κ1) is 29.6. The second kappa shape index (κ2) is 13.0. The van der Waals surface area contributed by atoms with Gasteiger partial charge in [-0.05, 0) is 68.5 Å². The molecule has 5 rings (SSSR count). The fourth-order valence-corrected chi connectivity index (χ4v) is 6.36. The van der Waals surface area contributed by atoms with Crippen molar-refractivity contribution in [2.24, 2.45) is 5.92 Å². The minimum atomic E-state index is -0.701. The Morgan fingerprint density at radius 2 is 1.81 bits per heavy atom. The number of anilines is 1. The number of benzene rings is 2. The van der Waals surface area contributed by atoms with E-state index in [0.717, 1.165) is 11.3 Å². The molecule has 1 spiro atoms. The fourth-order valence-electron chi connectivity index (χ4n) is 6.36. The standard InChI is InChI=1S/C32H39N3O7/c1-3-41-30-25(10-7-19-36)26(22-11-13-23(14-12-22)29(38)40-2)20-27(42-30)28(37)34-17-15-32(16-18-34)31(39)33-21-35(32)24-8-5-4-6-9-24/h4-6,8-9,11-14,20,25-26,30,36H,3,7,10,15-19,21H2,1-2H3,(H,33,39). The summed E-state index contributed by atoms with van der Waals surface area (Å²) in [7, 11) is 1.34. The summed E-state index contributed by atoms with van der Waals surface area (Å²) in [4.78, 5) is 42.8. The maximum absolute atomic E-state index is 13.9. The highest BCUT2D eigenvalue weighted by atomic mass is 16.7. The van der Waals surface area contributed by atoms with Gasteiger partial charge >= 0.3 is 5.97 Å². The summed E-state index contributed by atoms with van der Waals surface area (Å²) in [5.74, 6) is -0.848. The van der Waals surface area contributed by atoms with Crippen molar-refractivity contribution in [2.45, 2.75) is 50.4 Å². The molecule has 0 aromatic heterocycles.